The molecular weight excluding hydrogens is 170 g/mol. The van der Waals surface area contributed by atoms with Crippen LogP contribution in [0.1, 0.15) is 15.9 Å². The topological polar surface area (TPSA) is 72.5 Å². The van der Waals surface area contributed by atoms with Gasteiger partial charge < -0.3 is 15.6 Å². The third kappa shape index (κ3) is 2.19. The molecule has 13 heavy (non-hydrogen) atoms. The van der Waals surface area contributed by atoms with Gasteiger partial charge in [0.1, 0.15) is 0 Å². The number of carbonyl (C=O) groups is 1. The van der Waals surface area contributed by atoms with Crippen molar-refractivity contribution in [3.63, 3.8) is 0 Å². The number of carboxylic acids is 1. The summed E-state index contributed by atoms with van der Waals surface area (Å²) in [6.45, 7) is 0.326. The Hall–Kier alpha value is -1.55. The predicted molar refractivity (Wildman–Crippen MR) is 48.5 cm³/mol. The summed E-state index contributed by atoms with van der Waals surface area (Å²) in [5.41, 5.74) is 7.07. The summed E-state index contributed by atoms with van der Waals surface area (Å²) in [5.74, 6) is -0.961. The number of carboxylic acid groups (broad SMARTS) is 1. The summed E-state index contributed by atoms with van der Waals surface area (Å²) < 4.78 is 4.87. The zero-order valence-electron chi connectivity index (χ0n) is 7.28. The van der Waals surface area contributed by atoms with Gasteiger partial charge in [0, 0.05) is 18.4 Å². The Morgan fingerprint density at radius 3 is 2.85 bits per heavy atom. The Morgan fingerprint density at radius 1 is 1.62 bits per heavy atom. The van der Waals surface area contributed by atoms with E-state index in [0.29, 0.717) is 17.9 Å². The summed E-state index contributed by atoms with van der Waals surface area (Å²) in [4.78, 5) is 10.6. The second-order valence-electron chi connectivity index (χ2n) is 2.65. The number of ether oxygens (including phenoxy) is 1. The first-order chi connectivity index (χ1) is 6.15. The highest BCUT2D eigenvalue weighted by molar-refractivity contribution is 5.88. The molecule has 1 aromatic rings. The molecule has 0 amide bonds. The van der Waals surface area contributed by atoms with Crippen molar-refractivity contribution in [3.8, 4) is 0 Å². The van der Waals surface area contributed by atoms with Gasteiger partial charge in [-0.2, -0.15) is 0 Å². The maximum absolute atomic E-state index is 10.6. The van der Waals surface area contributed by atoms with Crippen molar-refractivity contribution in [2.45, 2.75) is 6.61 Å². The van der Waals surface area contributed by atoms with Crippen LogP contribution in [0.2, 0.25) is 0 Å². The first-order valence-electron chi connectivity index (χ1n) is 3.75. The third-order valence-corrected chi connectivity index (χ3v) is 1.69. The zero-order valence-corrected chi connectivity index (χ0v) is 7.28. The molecule has 0 atom stereocenters. The maximum atomic E-state index is 10.6. The second-order valence-corrected chi connectivity index (χ2v) is 2.65. The van der Waals surface area contributed by atoms with Gasteiger partial charge in [0.15, 0.2) is 0 Å². The van der Waals surface area contributed by atoms with E-state index in [-0.39, 0.29) is 5.56 Å². The minimum Gasteiger partial charge on any atom is -0.478 e. The van der Waals surface area contributed by atoms with Gasteiger partial charge in [0.05, 0.1) is 12.2 Å². The highest BCUT2D eigenvalue weighted by atomic mass is 16.5. The van der Waals surface area contributed by atoms with Crippen LogP contribution in [0.4, 0.5) is 5.69 Å². The van der Waals surface area contributed by atoms with Crippen molar-refractivity contribution in [1.82, 2.24) is 0 Å². The first kappa shape index (κ1) is 9.54. The van der Waals surface area contributed by atoms with E-state index in [4.69, 9.17) is 15.6 Å². The molecule has 0 radical (unpaired) electrons. The molecule has 0 unspecified atom stereocenters. The molecule has 0 saturated heterocycles. The SMILES string of the molecule is COCc1cc(C(=O)O)ccc1N. The average molecular weight is 181 g/mol. The van der Waals surface area contributed by atoms with Gasteiger partial charge in [-0.3, -0.25) is 0 Å². The monoisotopic (exact) mass is 181 g/mol. The number of benzene rings is 1. The van der Waals surface area contributed by atoms with Gasteiger partial charge in [-0.05, 0) is 18.2 Å². The summed E-state index contributed by atoms with van der Waals surface area (Å²) in [7, 11) is 1.53. The lowest BCUT2D eigenvalue weighted by atomic mass is 10.1. The lowest BCUT2D eigenvalue weighted by Gasteiger charge is -2.04. The van der Waals surface area contributed by atoms with Crippen LogP contribution in [0.3, 0.4) is 0 Å². The van der Waals surface area contributed by atoms with E-state index >= 15 is 0 Å². The van der Waals surface area contributed by atoms with Crippen molar-refractivity contribution < 1.29 is 14.6 Å². The van der Waals surface area contributed by atoms with Crippen molar-refractivity contribution in [2.75, 3.05) is 12.8 Å². The van der Waals surface area contributed by atoms with Crippen LogP contribution >= 0.6 is 0 Å². The number of aromatic carboxylic acids is 1. The molecule has 0 bridgehead atoms. The van der Waals surface area contributed by atoms with Crippen molar-refractivity contribution in [2.24, 2.45) is 0 Å². The molecule has 0 saturated carbocycles. The number of nitrogens with two attached hydrogens (primary N) is 1. The molecular formula is C9H11NO3. The molecule has 0 aromatic heterocycles. The summed E-state index contributed by atoms with van der Waals surface area (Å²) in [6.07, 6.45) is 0. The molecule has 70 valence electrons. The van der Waals surface area contributed by atoms with Gasteiger partial charge in [-0.25, -0.2) is 4.79 Å². The van der Waals surface area contributed by atoms with E-state index in [2.05, 4.69) is 0 Å². The van der Waals surface area contributed by atoms with E-state index in [1.165, 1.54) is 19.2 Å². The molecule has 0 aliphatic heterocycles. The van der Waals surface area contributed by atoms with Crippen LogP contribution in [0.25, 0.3) is 0 Å². The zero-order chi connectivity index (χ0) is 9.84. The van der Waals surface area contributed by atoms with E-state index in [1.54, 1.807) is 6.07 Å². The minimum atomic E-state index is -0.961. The van der Waals surface area contributed by atoms with Crippen LogP contribution in [-0.4, -0.2) is 18.2 Å². The lowest BCUT2D eigenvalue weighted by Crippen LogP contribution is -2.01. The lowest BCUT2D eigenvalue weighted by molar-refractivity contribution is 0.0696. The third-order valence-electron chi connectivity index (χ3n) is 1.69. The normalized spacial score (nSPS) is 9.92. The smallest absolute Gasteiger partial charge is 0.335 e. The fourth-order valence-electron chi connectivity index (χ4n) is 1.02. The molecule has 0 aliphatic rings. The van der Waals surface area contributed by atoms with Crippen LogP contribution < -0.4 is 5.73 Å². The van der Waals surface area contributed by atoms with Gasteiger partial charge in [-0.1, -0.05) is 0 Å². The molecule has 0 aliphatic carbocycles. The van der Waals surface area contributed by atoms with E-state index in [9.17, 15) is 4.79 Å². The quantitative estimate of drug-likeness (QED) is 0.685. The molecule has 0 spiro atoms. The van der Waals surface area contributed by atoms with E-state index in [1.807, 2.05) is 0 Å². The Morgan fingerprint density at radius 2 is 2.31 bits per heavy atom. The highest BCUT2D eigenvalue weighted by Gasteiger charge is 2.05. The van der Waals surface area contributed by atoms with Crippen LogP contribution in [0.15, 0.2) is 18.2 Å². The Bertz CT molecular complexity index is 323. The van der Waals surface area contributed by atoms with Crippen molar-refractivity contribution in [3.05, 3.63) is 29.3 Å². The minimum absolute atomic E-state index is 0.223. The van der Waals surface area contributed by atoms with Gasteiger partial charge >= 0.3 is 5.97 Å². The fourth-order valence-corrected chi connectivity index (χ4v) is 1.02. The first-order valence-corrected chi connectivity index (χ1v) is 3.75. The van der Waals surface area contributed by atoms with E-state index in [0.717, 1.165) is 0 Å². The molecule has 0 fully saturated rings. The number of nitrogen functional groups attached to an aromatic ring is 1. The van der Waals surface area contributed by atoms with Crippen LogP contribution in [0, 0.1) is 0 Å². The van der Waals surface area contributed by atoms with Crippen molar-refractivity contribution >= 4 is 11.7 Å². The van der Waals surface area contributed by atoms with Gasteiger partial charge in [0.25, 0.3) is 0 Å². The largest absolute Gasteiger partial charge is 0.478 e. The molecule has 1 rings (SSSR count). The molecule has 3 N–H and O–H groups in total. The molecule has 4 heteroatoms. The predicted octanol–water partition coefficient (Wildman–Crippen LogP) is 1.11. The van der Waals surface area contributed by atoms with Crippen molar-refractivity contribution in [1.29, 1.82) is 0 Å². The average Bonchev–Trinajstić information content (AvgIpc) is 2.08. The summed E-state index contributed by atoms with van der Waals surface area (Å²) in [6, 6.07) is 4.55. The van der Waals surface area contributed by atoms with Gasteiger partial charge in [0.2, 0.25) is 0 Å². The van der Waals surface area contributed by atoms with E-state index < -0.39 is 5.97 Å². The molecule has 1 aromatic carbocycles. The Kier molecular flexibility index (Phi) is 2.87. The Balaban J connectivity index is 3.03. The standard InChI is InChI=1S/C9H11NO3/c1-13-5-7-4-6(9(11)12)2-3-8(7)10/h2-4H,5,10H2,1H3,(H,11,12). The number of methoxy groups -OCH3 is 1. The number of hydrogen-bond donors (Lipinski definition) is 2. The Labute approximate surface area is 75.9 Å². The molecule has 4 nitrogen and oxygen atoms in total. The highest BCUT2D eigenvalue weighted by Crippen LogP contribution is 2.14. The number of anilines is 1. The summed E-state index contributed by atoms with van der Waals surface area (Å²) >= 11 is 0. The number of hydrogen-bond acceptors (Lipinski definition) is 3. The summed E-state index contributed by atoms with van der Waals surface area (Å²) in [5, 5.41) is 8.69. The second kappa shape index (κ2) is 3.91. The maximum Gasteiger partial charge on any atom is 0.335 e. The van der Waals surface area contributed by atoms with Crippen LogP contribution in [0.5, 0.6) is 0 Å². The molecule has 0 heterocycles. The number of rotatable bonds is 3. The fraction of sp³-hybridized carbons (Fsp3) is 0.222. The van der Waals surface area contributed by atoms with Crippen LogP contribution in [-0.2, 0) is 11.3 Å². The van der Waals surface area contributed by atoms with Gasteiger partial charge in [-0.15, -0.1) is 0 Å².